The Bertz CT molecular complexity index is 556. The van der Waals surface area contributed by atoms with Crippen molar-refractivity contribution in [2.45, 2.75) is 39.2 Å². The fourth-order valence-corrected chi connectivity index (χ4v) is 2.78. The van der Waals surface area contributed by atoms with E-state index in [2.05, 4.69) is 31.0 Å². The molecule has 0 bridgehead atoms. The van der Waals surface area contributed by atoms with Gasteiger partial charge in [-0.05, 0) is 42.9 Å². The fourth-order valence-electron chi connectivity index (χ4n) is 2.78. The van der Waals surface area contributed by atoms with Crippen LogP contribution in [-0.2, 0) is 0 Å². The van der Waals surface area contributed by atoms with E-state index in [4.69, 9.17) is 5.11 Å². The molecule has 2 rings (SSSR count). The van der Waals surface area contributed by atoms with Gasteiger partial charge in [0, 0.05) is 23.6 Å². The lowest BCUT2D eigenvalue weighted by Gasteiger charge is -2.19. The number of rotatable bonds is 3. The number of nitrogens with one attached hydrogen (secondary N) is 1. The van der Waals surface area contributed by atoms with Gasteiger partial charge in [0.25, 0.3) is 5.91 Å². The molecule has 1 aliphatic rings. The Hall–Kier alpha value is -1.79. The lowest BCUT2D eigenvalue weighted by atomic mass is 9.97. The van der Waals surface area contributed by atoms with Gasteiger partial charge in [0.05, 0.1) is 6.61 Å². The van der Waals surface area contributed by atoms with Crippen molar-refractivity contribution in [1.82, 2.24) is 5.32 Å². The molecule has 1 saturated carbocycles. The van der Waals surface area contributed by atoms with Crippen LogP contribution in [0.4, 0.5) is 0 Å². The highest BCUT2D eigenvalue weighted by Gasteiger charge is 2.30. The van der Waals surface area contributed by atoms with Crippen LogP contribution in [0.25, 0.3) is 0 Å². The molecule has 0 spiro atoms. The number of carbonyl (C=O) groups excluding carboxylic acids is 1. The van der Waals surface area contributed by atoms with Gasteiger partial charge in [-0.3, -0.25) is 4.79 Å². The van der Waals surface area contributed by atoms with Crippen LogP contribution in [0.3, 0.4) is 0 Å². The van der Waals surface area contributed by atoms with Crippen LogP contribution in [0, 0.1) is 23.7 Å². The Labute approximate surface area is 126 Å². The van der Waals surface area contributed by atoms with E-state index in [1.165, 1.54) is 6.42 Å². The first-order chi connectivity index (χ1) is 10.1. The Balaban J connectivity index is 2.03. The third-order valence-electron chi connectivity index (χ3n) is 4.38. The lowest BCUT2D eigenvalue weighted by Crippen LogP contribution is -2.37. The summed E-state index contributed by atoms with van der Waals surface area (Å²) in [6.07, 6.45) is 2.69. The van der Waals surface area contributed by atoms with Gasteiger partial charge >= 0.3 is 0 Å². The maximum absolute atomic E-state index is 12.3. The van der Waals surface area contributed by atoms with Crippen LogP contribution in [0.2, 0.25) is 0 Å². The van der Waals surface area contributed by atoms with Crippen LogP contribution in [0.15, 0.2) is 24.3 Å². The van der Waals surface area contributed by atoms with E-state index in [9.17, 15) is 4.79 Å². The van der Waals surface area contributed by atoms with Crippen molar-refractivity contribution in [1.29, 1.82) is 0 Å². The van der Waals surface area contributed by atoms with Crippen LogP contribution in [-0.4, -0.2) is 23.7 Å². The van der Waals surface area contributed by atoms with Crippen LogP contribution in [0.5, 0.6) is 0 Å². The fraction of sp³-hybridized carbons (Fsp3) is 0.500. The molecule has 1 aromatic carbocycles. The molecule has 21 heavy (non-hydrogen) atoms. The van der Waals surface area contributed by atoms with Gasteiger partial charge in [-0.15, -0.1) is 0 Å². The van der Waals surface area contributed by atoms with Gasteiger partial charge in [-0.2, -0.15) is 0 Å². The average molecular weight is 285 g/mol. The summed E-state index contributed by atoms with van der Waals surface area (Å²) in [5.41, 5.74) is 1.46. The molecule has 0 aliphatic heterocycles. The molecule has 3 atom stereocenters. The molecular formula is C18H23NO2. The second-order valence-electron chi connectivity index (χ2n) is 5.85. The molecule has 3 heteroatoms. The maximum Gasteiger partial charge on any atom is 0.251 e. The van der Waals surface area contributed by atoms with Crippen molar-refractivity contribution >= 4 is 5.91 Å². The quantitative estimate of drug-likeness (QED) is 0.839. The highest BCUT2D eigenvalue weighted by atomic mass is 16.2. The number of carbonyl (C=O) groups is 1. The van der Waals surface area contributed by atoms with Crippen molar-refractivity contribution in [2.24, 2.45) is 11.8 Å². The first kappa shape index (κ1) is 15.6. The number of aliphatic hydroxyl groups is 1. The van der Waals surface area contributed by atoms with Crippen molar-refractivity contribution < 1.29 is 9.90 Å². The van der Waals surface area contributed by atoms with Gasteiger partial charge in [0.2, 0.25) is 0 Å². The molecule has 0 heterocycles. The molecule has 1 aliphatic carbocycles. The van der Waals surface area contributed by atoms with E-state index in [1.807, 2.05) is 24.3 Å². The predicted molar refractivity (Wildman–Crippen MR) is 83.8 cm³/mol. The van der Waals surface area contributed by atoms with Crippen LogP contribution >= 0.6 is 0 Å². The summed E-state index contributed by atoms with van der Waals surface area (Å²) in [5.74, 6) is 7.01. The van der Waals surface area contributed by atoms with Crippen molar-refractivity contribution in [2.75, 3.05) is 6.61 Å². The largest absolute Gasteiger partial charge is 0.395 e. The number of aliphatic hydroxyl groups excluding tert-OH is 1. The minimum atomic E-state index is -0.0215. The van der Waals surface area contributed by atoms with Crippen molar-refractivity contribution in [3.8, 4) is 11.8 Å². The third-order valence-corrected chi connectivity index (χ3v) is 4.38. The summed E-state index contributed by atoms with van der Waals surface area (Å²) in [5, 5.41) is 11.9. The van der Waals surface area contributed by atoms with Crippen molar-refractivity contribution in [3.05, 3.63) is 35.4 Å². The number of hydrogen-bond donors (Lipinski definition) is 2. The summed E-state index contributed by atoms with van der Waals surface area (Å²) >= 11 is 0. The molecule has 1 amide bonds. The van der Waals surface area contributed by atoms with E-state index >= 15 is 0 Å². The molecule has 1 aromatic rings. The number of benzene rings is 1. The normalized spacial score (nSPS) is 24.2. The molecule has 112 valence electrons. The Morgan fingerprint density at radius 1 is 1.38 bits per heavy atom. The molecular weight excluding hydrogens is 262 g/mol. The summed E-state index contributed by atoms with van der Waals surface area (Å²) < 4.78 is 0. The Morgan fingerprint density at radius 3 is 2.86 bits per heavy atom. The lowest BCUT2D eigenvalue weighted by molar-refractivity contribution is 0.0927. The highest BCUT2D eigenvalue weighted by Crippen LogP contribution is 2.31. The molecule has 2 N–H and O–H groups in total. The van der Waals surface area contributed by atoms with E-state index in [1.54, 1.807) is 0 Å². The first-order valence-electron chi connectivity index (χ1n) is 7.62. The standard InChI is InChI=1S/C18H23NO2/c1-13-9-10-17(14(13)2)19-18(21)16-8-5-7-15(12-16)6-3-4-11-20/h5,7-8,12-14,17,20H,4,9-11H2,1-2H3,(H,19,21). The van der Waals surface area contributed by atoms with E-state index in [-0.39, 0.29) is 18.6 Å². The topological polar surface area (TPSA) is 49.3 Å². The van der Waals surface area contributed by atoms with Crippen molar-refractivity contribution in [3.63, 3.8) is 0 Å². The Morgan fingerprint density at radius 2 is 2.19 bits per heavy atom. The average Bonchev–Trinajstić information content (AvgIpc) is 2.80. The maximum atomic E-state index is 12.3. The zero-order valence-corrected chi connectivity index (χ0v) is 12.7. The Kier molecular flexibility index (Phi) is 5.41. The van der Waals surface area contributed by atoms with Gasteiger partial charge in [0.1, 0.15) is 0 Å². The summed E-state index contributed by atoms with van der Waals surface area (Å²) in [4.78, 5) is 12.3. The van der Waals surface area contributed by atoms with E-state index < -0.39 is 0 Å². The van der Waals surface area contributed by atoms with Crippen LogP contribution < -0.4 is 5.32 Å². The summed E-state index contributed by atoms with van der Waals surface area (Å²) in [6.45, 7) is 4.51. The minimum absolute atomic E-state index is 0.0215. The zero-order chi connectivity index (χ0) is 15.2. The molecule has 3 unspecified atom stereocenters. The minimum Gasteiger partial charge on any atom is -0.395 e. The molecule has 0 radical (unpaired) electrons. The van der Waals surface area contributed by atoms with Gasteiger partial charge in [-0.25, -0.2) is 0 Å². The SMILES string of the molecule is CC1CCC(NC(=O)c2cccc(C#CCCO)c2)C1C. The van der Waals surface area contributed by atoms with E-state index in [0.29, 0.717) is 23.8 Å². The monoisotopic (exact) mass is 285 g/mol. The third kappa shape index (κ3) is 4.09. The summed E-state index contributed by atoms with van der Waals surface area (Å²) in [7, 11) is 0. The molecule has 0 saturated heterocycles. The highest BCUT2D eigenvalue weighted by molar-refractivity contribution is 5.94. The van der Waals surface area contributed by atoms with Crippen LogP contribution in [0.1, 0.15) is 49.0 Å². The predicted octanol–water partition coefficient (Wildman–Crippen LogP) is 2.58. The smallest absolute Gasteiger partial charge is 0.251 e. The molecule has 1 fully saturated rings. The van der Waals surface area contributed by atoms with Gasteiger partial charge in [0.15, 0.2) is 0 Å². The second-order valence-corrected chi connectivity index (χ2v) is 5.85. The molecule has 0 aromatic heterocycles. The number of hydrogen-bond acceptors (Lipinski definition) is 2. The van der Waals surface area contributed by atoms with E-state index in [0.717, 1.165) is 12.0 Å². The second kappa shape index (κ2) is 7.28. The summed E-state index contributed by atoms with van der Waals surface area (Å²) in [6, 6.07) is 7.62. The van der Waals surface area contributed by atoms with Gasteiger partial charge in [-0.1, -0.05) is 31.8 Å². The zero-order valence-electron chi connectivity index (χ0n) is 12.7. The first-order valence-corrected chi connectivity index (χ1v) is 7.62. The number of amides is 1. The molecule has 3 nitrogen and oxygen atoms in total. The van der Waals surface area contributed by atoms with Gasteiger partial charge < -0.3 is 10.4 Å².